The second kappa shape index (κ2) is 11.9. The number of allylic oxidation sites excluding steroid dienone is 1. The van der Waals surface area contributed by atoms with Crippen molar-refractivity contribution in [3.05, 3.63) is 94.1 Å². The van der Waals surface area contributed by atoms with E-state index in [1.54, 1.807) is 48.1 Å². The zero-order valence-electron chi connectivity index (χ0n) is 18.1. The second-order valence-electron chi connectivity index (χ2n) is 7.12. The van der Waals surface area contributed by atoms with Crippen molar-refractivity contribution in [3.63, 3.8) is 0 Å². The maximum absolute atomic E-state index is 13.0. The smallest absolute Gasteiger partial charge is 0.251 e. The molecule has 4 rings (SSSR count). The summed E-state index contributed by atoms with van der Waals surface area (Å²) >= 11 is 0. The number of nitrogens with one attached hydrogen (secondary N) is 1. The summed E-state index contributed by atoms with van der Waals surface area (Å²) in [5, 5.41) is 4.50. The van der Waals surface area contributed by atoms with Crippen molar-refractivity contribution in [3.8, 4) is 17.0 Å². The molecule has 0 radical (unpaired) electrons. The monoisotopic (exact) mass is 469 g/mol. The van der Waals surface area contributed by atoms with Crippen LogP contribution in [0.2, 0.25) is 0 Å². The maximum Gasteiger partial charge on any atom is 0.251 e. The van der Waals surface area contributed by atoms with Gasteiger partial charge in [-0.3, -0.25) is 13.8 Å². The number of pyridine rings is 2. The lowest BCUT2D eigenvalue weighted by Crippen LogP contribution is -2.31. The first-order chi connectivity index (χ1) is 15.9. The van der Waals surface area contributed by atoms with E-state index in [9.17, 15) is 18.2 Å². The van der Waals surface area contributed by atoms with E-state index < -0.39 is 10.8 Å². The Morgan fingerprint density at radius 1 is 1.18 bits per heavy atom. The summed E-state index contributed by atoms with van der Waals surface area (Å²) in [6.07, 6.45) is 6.11. The summed E-state index contributed by atoms with van der Waals surface area (Å²) in [6.45, 7) is 0.213. The predicted octanol–water partition coefficient (Wildman–Crippen LogP) is 3.03. The average Bonchev–Trinajstić information content (AvgIpc) is 3.31. The number of amides is 1. The van der Waals surface area contributed by atoms with Crippen LogP contribution in [0.5, 0.6) is 5.88 Å². The van der Waals surface area contributed by atoms with Gasteiger partial charge in [0.1, 0.15) is 12.4 Å². The van der Waals surface area contributed by atoms with Gasteiger partial charge in [-0.25, -0.2) is 9.37 Å². The lowest BCUT2D eigenvalue weighted by molar-refractivity contribution is -0.121. The van der Waals surface area contributed by atoms with Crippen LogP contribution in [-0.2, 0) is 28.7 Å². The summed E-state index contributed by atoms with van der Waals surface area (Å²) in [6, 6.07) is 12.5. The highest BCUT2D eigenvalue weighted by atomic mass is 32.2. The molecule has 1 amide bonds. The summed E-state index contributed by atoms with van der Waals surface area (Å²) in [4.78, 5) is 28.4. The number of halogens is 1. The van der Waals surface area contributed by atoms with E-state index in [4.69, 9.17) is 4.74 Å². The summed E-state index contributed by atoms with van der Waals surface area (Å²) in [7, 11) is 0.917. The molecule has 0 spiro atoms. The number of hydrogen-bond donors (Lipinski definition) is 1. The molecular formula is C24H24FN3O4S. The molecule has 3 aromatic rings. The Labute approximate surface area is 193 Å². The molecule has 1 unspecified atom stereocenters. The van der Waals surface area contributed by atoms with E-state index in [1.807, 2.05) is 6.08 Å². The number of methoxy groups -OCH3 is 1. The number of hydrogen-bond acceptors (Lipinski definition) is 5. The van der Waals surface area contributed by atoms with Gasteiger partial charge in [0, 0.05) is 47.6 Å². The number of carbonyl (C=O) groups is 1. The van der Waals surface area contributed by atoms with E-state index in [2.05, 4.69) is 10.3 Å². The molecule has 9 heteroatoms. The van der Waals surface area contributed by atoms with Gasteiger partial charge < -0.3 is 14.6 Å². The van der Waals surface area contributed by atoms with Gasteiger partial charge in [-0.05, 0) is 52.8 Å². The summed E-state index contributed by atoms with van der Waals surface area (Å²) in [5.41, 5.74) is 1.93. The van der Waals surface area contributed by atoms with Gasteiger partial charge in [0.15, 0.2) is 0 Å². The molecular weight excluding hydrogens is 445 g/mol. The van der Waals surface area contributed by atoms with Crippen LogP contribution in [0.25, 0.3) is 11.1 Å². The largest absolute Gasteiger partial charge is 0.481 e. The van der Waals surface area contributed by atoms with E-state index >= 15 is 0 Å². The first kappa shape index (κ1) is 24.1. The average molecular weight is 470 g/mol. The number of benzene rings is 1. The minimum Gasteiger partial charge on any atom is -0.481 e. The predicted molar refractivity (Wildman–Crippen MR) is 125 cm³/mol. The van der Waals surface area contributed by atoms with Crippen molar-refractivity contribution in [2.45, 2.75) is 19.5 Å². The zero-order valence-corrected chi connectivity index (χ0v) is 18.9. The molecule has 1 aliphatic heterocycles. The Bertz CT molecular complexity index is 1210. The Balaban J connectivity index is 0.000000442. The van der Waals surface area contributed by atoms with Crippen molar-refractivity contribution in [1.82, 2.24) is 14.9 Å². The van der Waals surface area contributed by atoms with Gasteiger partial charge >= 0.3 is 0 Å². The molecule has 172 valence electrons. The molecule has 0 saturated carbocycles. The number of rotatable bonds is 6. The van der Waals surface area contributed by atoms with Crippen LogP contribution in [0.3, 0.4) is 0 Å². The SMILES string of the molecule is COc1cc(CNC(=O)Cn2ccc(-c3ccc(F)cc3)cc2=O)ccn1.O=S1C=CCC1. The van der Waals surface area contributed by atoms with Crippen molar-refractivity contribution >= 4 is 16.7 Å². The van der Waals surface area contributed by atoms with E-state index in [0.717, 1.165) is 23.3 Å². The molecule has 33 heavy (non-hydrogen) atoms. The molecule has 0 saturated heterocycles. The fraction of sp³-hybridized carbons (Fsp3) is 0.208. The normalized spacial score (nSPS) is 14.3. The van der Waals surface area contributed by atoms with E-state index in [0.29, 0.717) is 18.0 Å². The molecule has 0 bridgehead atoms. The van der Waals surface area contributed by atoms with E-state index in [-0.39, 0.29) is 23.8 Å². The van der Waals surface area contributed by atoms with E-state index in [1.165, 1.54) is 29.9 Å². The Kier molecular flexibility index (Phi) is 8.65. The number of nitrogens with zero attached hydrogens (tertiary/aromatic N) is 2. The first-order valence-corrected chi connectivity index (χ1v) is 11.6. The molecule has 1 aliphatic rings. The third-order valence-electron chi connectivity index (χ3n) is 4.72. The van der Waals surface area contributed by atoms with Crippen molar-refractivity contribution in [1.29, 1.82) is 0 Å². The van der Waals surface area contributed by atoms with Gasteiger partial charge in [-0.15, -0.1) is 0 Å². The minimum absolute atomic E-state index is 0.0925. The van der Waals surface area contributed by atoms with Gasteiger partial charge in [0.2, 0.25) is 11.8 Å². The standard InChI is InChI=1S/C20H18FN3O3.C4H6OS/c1-27-19-10-14(6-8-22-19)12-23-18(25)13-24-9-7-16(11-20(24)26)15-2-4-17(21)5-3-15;5-6-3-1-2-4-6/h2-11H,12-13H2,1H3,(H,23,25);1,3H,2,4H2. The fourth-order valence-electron chi connectivity index (χ4n) is 2.97. The van der Waals surface area contributed by atoms with Crippen LogP contribution in [-0.4, -0.2) is 32.5 Å². The van der Waals surface area contributed by atoms with Gasteiger partial charge in [0.25, 0.3) is 5.56 Å². The number of aromatic nitrogens is 2. The first-order valence-electron chi connectivity index (χ1n) is 10.2. The highest BCUT2D eigenvalue weighted by Crippen LogP contribution is 2.17. The van der Waals surface area contributed by atoms with Gasteiger partial charge in [0.05, 0.1) is 7.11 Å². The Morgan fingerprint density at radius 3 is 2.58 bits per heavy atom. The highest BCUT2D eigenvalue weighted by Gasteiger charge is 2.07. The van der Waals surface area contributed by atoms with Crippen LogP contribution < -0.4 is 15.6 Å². The van der Waals surface area contributed by atoms with Gasteiger partial charge in [-0.2, -0.15) is 0 Å². The molecule has 2 aromatic heterocycles. The lowest BCUT2D eigenvalue weighted by Gasteiger charge is -2.09. The van der Waals surface area contributed by atoms with Crippen LogP contribution in [0, 0.1) is 5.82 Å². The molecule has 7 nitrogen and oxygen atoms in total. The molecule has 1 atom stereocenters. The van der Waals surface area contributed by atoms with Crippen molar-refractivity contribution in [2.75, 3.05) is 12.9 Å². The van der Waals surface area contributed by atoms with Crippen molar-refractivity contribution < 1.29 is 18.1 Å². The number of ether oxygens (including phenoxy) is 1. The quantitative estimate of drug-likeness (QED) is 0.599. The fourth-order valence-corrected chi connectivity index (χ4v) is 3.83. The molecule has 1 N–H and O–H groups in total. The zero-order chi connectivity index (χ0) is 23.6. The third-order valence-corrected chi connectivity index (χ3v) is 5.85. The summed E-state index contributed by atoms with van der Waals surface area (Å²) < 4.78 is 29.6. The van der Waals surface area contributed by atoms with Crippen LogP contribution in [0.15, 0.2) is 77.2 Å². The minimum atomic E-state index is -0.603. The molecule has 0 aliphatic carbocycles. The van der Waals surface area contributed by atoms with Gasteiger partial charge in [-0.1, -0.05) is 18.2 Å². The molecule has 0 fully saturated rings. The Hall–Kier alpha value is -3.59. The Morgan fingerprint density at radius 2 is 1.97 bits per heavy atom. The molecule has 3 heterocycles. The summed E-state index contributed by atoms with van der Waals surface area (Å²) in [5.74, 6) is 0.687. The van der Waals surface area contributed by atoms with Crippen molar-refractivity contribution in [2.24, 2.45) is 0 Å². The second-order valence-corrected chi connectivity index (χ2v) is 8.56. The number of carbonyl (C=O) groups excluding carboxylic acids is 1. The lowest BCUT2D eigenvalue weighted by atomic mass is 10.1. The maximum atomic E-state index is 13.0. The third kappa shape index (κ3) is 7.50. The topological polar surface area (TPSA) is 90.3 Å². The molecule has 1 aromatic carbocycles. The van der Waals surface area contributed by atoms with Crippen LogP contribution in [0.4, 0.5) is 4.39 Å². The highest BCUT2D eigenvalue weighted by molar-refractivity contribution is 7.88. The van der Waals surface area contributed by atoms with Crippen LogP contribution >= 0.6 is 0 Å². The van der Waals surface area contributed by atoms with Crippen LogP contribution in [0.1, 0.15) is 12.0 Å².